The summed E-state index contributed by atoms with van der Waals surface area (Å²) in [6.07, 6.45) is -0.735. The first kappa shape index (κ1) is 10.7. The van der Waals surface area contributed by atoms with Crippen LogP contribution in [0.1, 0.15) is 25.4 Å². The van der Waals surface area contributed by atoms with Gasteiger partial charge in [-0.15, -0.1) is 0 Å². The highest BCUT2D eigenvalue weighted by Gasteiger charge is 2.28. The lowest BCUT2D eigenvalue weighted by Gasteiger charge is -2.32. The van der Waals surface area contributed by atoms with Gasteiger partial charge in [-0.1, -0.05) is 42.5 Å². The van der Waals surface area contributed by atoms with Crippen molar-refractivity contribution in [3.05, 3.63) is 60.2 Å². The van der Waals surface area contributed by atoms with Crippen molar-refractivity contribution in [2.75, 3.05) is 26.3 Å². The van der Waals surface area contributed by atoms with Gasteiger partial charge < -0.3 is 19.5 Å². The molecule has 0 spiro atoms. The standard InChI is InChI=1S/C19H23NO3/c1-2-21-16-10-6-7-11-17(16)23-19(15-8-4-3-5-9-15)18-14-20-12-13-22-18/h3-11,18-20H,2,12-14H2,1H3/t18-,19-/m0/s1/i1D3,2D2. The molecule has 1 fully saturated rings. The SMILES string of the molecule is [2H]C([2H])([2H])C([2H])([2H])Oc1ccccc1O[C@@H](c1ccccc1)[C@@H]1CNCCO1. The van der Waals surface area contributed by atoms with Gasteiger partial charge in [0.2, 0.25) is 0 Å². The molecule has 0 radical (unpaired) electrons. The molecule has 1 aliphatic heterocycles. The zero-order valence-corrected chi connectivity index (χ0v) is 12.7. The van der Waals surface area contributed by atoms with Crippen LogP contribution in [0.4, 0.5) is 0 Å². The summed E-state index contributed by atoms with van der Waals surface area (Å²) in [5, 5.41) is 3.27. The summed E-state index contributed by atoms with van der Waals surface area (Å²) >= 11 is 0. The molecule has 0 aromatic heterocycles. The molecule has 1 saturated heterocycles. The minimum atomic E-state index is -2.94. The third-order valence-corrected chi connectivity index (χ3v) is 3.69. The average Bonchev–Trinajstić information content (AvgIpc) is 2.67. The number of nitrogens with one attached hydrogen (secondary N) is 1. The third kappa shape index (κ3) is 4.03. The Morgan fingerprint density at radius 3 is 2.74 bits per heavy atom. The number of hydrogen-bond acceptors (Lipinski definition) is 4. The molecule has 4 nitrogen and oxygen atoms in total. The summed E-state index contributed by atoms with van der Waals surface area (Å²) in [5.41, 5.74) is 0.893. The summed E-state index contributed by atoms with van der Waals surface area (Å²) < 4.78 is 54.8. The van der Waals surface area contributed by atoms with Gasteiger partial charge in [0.25, 0.3) is 0 Å². The number of benzene rings is 2. The zero-order valence-electron chi connectivity index (χ0n) is 17.7. The quantitative estimate of drug-likeness (QED) is 0.888. The largest absolute Gasteiger partial charge is 0.490 e. The van der Waals surface area contributed by atoms with Crippen LogP contribution in [-0.4, -0.2) is 32.4 Å². The second kappa shape index (κ2) is 7.99. The lowest BCUT2D eigenvalue weighted by atomic mass is 10.0. The summed E-state index contributed by atoms with van der Waals surface area (Å²) in [7, 11) is 0. The van der Waals surface area contributed by atoms with Crippen molar-refractivity contribution in [2.24, 2.45) is 0 Å². The van der Waals surface area contributed by atoms with E-state index in [0.717, 1.165) is 12.1 Å². The Morgan fingerprint density at radius 1 is 1.22 bits per heavy atom. The maximum Gasteiger partial charge on any atom is 0.162 e. The maximum absolute atomic E-state index is 7.75. The van der Waals surface area contributed by atoms with E-state index in [4.69, 9.17) is 21.1 Å². The van der Waals surface area contributed by atoms with Gasteiger partial charge in [0.05, 0.1) is 15.9 Å². The molecular weight excluding hydrogens is 290 g/mol. The number of para-hydroxylation sites is 2. The number of ether oxygens (including phenoxy) is 3. The highest BCUT2D eigenvalue weighted by atomic mass is 16.6. The Bertz CT molecular complexity index is 764. The predicted octanol–water partition coefficient (Wildman–Crippen LogP) is 3.19. The van der Waals surface area contributed by atoms with Gasteiger partial charge in [-0.2, -0.15) is 0 Å². The molecule has 1 heterocycles. The molecule has 23 heavy (non-hydrogen) atoms. The molecule has 0 aliphatic carbocycles. The summed E-state index contributed by atoms with van der Waals surface area (Å²) in [5.74, 6) is 0.270. The van der Waals surface area contributed by atoms with Gasteiger partial charge in [0.15, 0.2) is 17.6 Å². The number of morpholine rings is 1. The van der Waals surface area contributed by atoms with E-state index in [0.29, 0.717) is 13.2 Å². The van der Waals surface area contributed by atoms with Gasteiger partial charge >= 0.3 is 0 Å². The first-order valence-corrected chi connectivity index (χ1v) is 7.60. The topological polar surface area (TPSA) is 39.7 Å². The van der Waals surface area contributed by atoms with Crippen LogP contribution in [0.3, 0.4) is 0 Å². The van der Waals surface area contributed by atoms with Crippen molar-refractivity contribution < 1.29 is 21.1 Å². The molecule has 1 N–H and O–H groups in total. The van der Waals surface area contributed by atoms with Crippen LogP contribution in [0.2, 0.25) is 0 Å². The maximum atomic E-state index is 7.75. The van der Waals surface area contributed by atoms with E-state index in [-0.39, 0.29) is 17.6 Å². The zero-order chi connectivity index (χ0) is 20.2. The fourth-order valence-electron chi connectivity index (χ4n) is 2.61. The van der Waals surface area contributed by atoms with E-state index < -0.39 is 19.5 Å². The summed E-state index contributed by atoms with van der Waals surface area (Å²) in [6, 6.07) is 16.0. The minimum Gasteiger partial charge on any atom is -0.490 e. The Hall–Kier alpha value is -2.04. The molecule has 2 aromatic rings. The third-order valence-electron chi connectivity index (χ3n) is 3.69. The number of rotatable bonds is 6. The highest BCUT2D eigenvalue weighted by molar-refractivity contribution is 5.40. The Balaban J connectivity index is 1.89. The molecule has 0 unspecified atom stereocenters. The van der Waals surface area contributed by atoms with E-state index >= 15 is 0 Å². The second-order valence-corrected chi connectivity index (χ2v) is 5.21. The van der Waals surface area contributed by atoms with Crippen molar-refractivity contribution in [2.45, 2.75) is 19.1 Å². The van der Waals surface area contributed by atoms with Gasteiger partial charge in [-0.25, -0.2) is 0 Å². The lowest BCUT2D eigenvalue weighted by molar-refractivity contribution is -0.0439. The van der Waals surface area contributed by atoms with Crippen LogP contribution in [0.15, 0.2) is 54.6 Å². The number of hydrogen-bond donors (Lipinski definition) is 1. The molecule has 0 saturated carbocycles. The molecule has 122 valence electrons. The fraction of sp³-hybridized carbons (Fsp3) is 0.368. The second-order valence-electron chi connectivity index (χ2n) is 5.21. The predicted molar refractivity (Wildman–Crippen MR) is 90.0 cm³/mol. The average molecular weight is 318 g/mol. The van der Waals surface area contributed by atoms with Crippen molar-refractivity contribution in [3.8, 4) is 11.5 Å². The van der Waals surface area contributed by atoms with Crippen LogP contribution in [0.5, 0.6) is 11.5 Å². The van der Waals surface area contributed by atoms with Gasteiger partial charge in [-0.05, 0) is 24.5 Å². The first-order valence-electron chi connectivity index (χ1n) is 10.1. The lowest BCUT2D eigenvalue weighted by Crippen LogP contribution is -2.43. The van der Waals surface area contributed by atoms with E-state index in [1.54, 1.807) is 18.2 Å². The van der Waals surface area contributed by atoms with Gasteiger partial charge in [0.1, 0.15) is 6.10 Å². The van der Waals surface area contributed by atoms with E-state index in [1.807, 2.05) is 30.3 Å². The van der Waals surface area contributed by atoms with Crippen molar-refractivity contribution in [3.63, 3.8) is 0 Å². The highest BCUT2D eigenvalue weighted by Crippen LogP contribution is 2.33. The van der Waals surface area contributed by atoms with E-state index in [9.17, 15) is 0 Å². The van der Waals surface area contributed by atoms with Crippen LogP contribution in [0.25, 0.3) is 0 Å². The first-order chi connectivity index (χ1) is 13.3. The minimum absolute atomic E-state index is 0.0216. The monoisotopic (exact) mass is 318 g/mol. The van der Waals surface area contributed by atoms with Gasteiger partial charge in [-0.3, -0.25) is 0 Å². The smallest absolute Gasteiger partial charge is 0.162 e. The molecular formula is C19H23NO3. The molecule has 2 atom stereocenters. The van der Waals surface area contributed by atoms with Crippen molar-refractivity contribution in [1.82, 2.24) is 5.32 Å². The van der Waals surface area contributed by atoms with Crippen LogP contribution in [-0.2, 0) is 4.74 Å². The fourth-order valence-corrected chi connectivity index (χ4v) is 2.61. The summed E-state index contributed by atoms with van der Waals surface area (Å²) in [4.78, 5) is 0. The van der Waals surface area contributed by atoms with Crippen molar-refractivity contribution in [1.29, 1.82) is 0 Å². The Morgan fingerprint density at radius 2 is 2.00 bits per heavy atom. The molecule has 1 aliphatic rings. The molecule has 0 bridgehead atoms. The van der Waals surface area contributed by atoms with Crippen LogP contribution >= 0.6 is 0 Å². The van der Waals surface area contributed by atoms with Crippen LogP contribution in [0, 0.1) is 0 Å². The van der Waals surface area contributed by atoms with E-state index in [1.165, 1.54) is 6.07 Å². The Kier molecular flexibility index (Phi) is 3.71. The molecule has 2 aromatic carbocycles. The molecule has 4 heteroatoms. The van der Waals surface area contributed by atoms with Gasteiger partial charge in [0, 0.05) is 17.2 Å². The van der Waals surface area contributed by atoms with E-state index in [2.05, 4.69) is 5.32 Å². The Labute approximate surface area is 144 Å². The summed E-state index contributed by atoms with van der Waals surface area (Å²) in [6.45, 7) is -3.88. The molecule has 3 rings (SSSR count). The van der Waals surface area contributed by atoms with Crippen LogP contribution < -0.4 is 14.8 Å². The normalized spacial score (nSPS) is 23.5. The van der Waals surface area contributed by atoms with Crippen molar-refractivity contribution >= 4 is 0 Å². The molecule has 0 amide bonds.